The molecule has 0 bridgehead atoms. The monoisotopic (exact) mass is 481 g/mol. The first kappa shape index (κ1) is 24.0. The van der Waals surface area contributed by atoms with Crippen LogP contribution in [0.2, 0.25) is 0 Å². The largest absolute Gasteiger partial charge is 0.417 e. The fourth-order valence-electron chi connectivity index (χ4n) is 3.81. The van der Waals surface area contributed by atoms with Crippen molar-refractivity contribution in [2.75, 3.05) is 5.32 Å². The smallest absolute Gasteiger partial charge is 0.378 e. The van der Waals surface area contributed by atoms with Gasteiger partial charge in [0.1, 0.15) is 5.82 Å². The third-order valence-corrected chi connectivity index (χ3v) is 5.62. The second kappa shape index (κ2) is 8.89. The van der Waals surface area contributed by atoms with E-state index in [-0.39, 0.29) is 12.2 Å². The Labute approximate surface area is 197 Å². The van der Waals surface area contributed by atoms with Crippen molar-refractivity contribution in [1.82, 2.24) is 4.57 Å². The lowest BCUT2D eigenvalue weighted by Crippen LogP contribution is -2.43. The molecule has 1 heterocycles. The summed E-state index contributed by atoms with van der Waals surface area (Å²) >= 11 is 0. The summed E-state index contributed by atoms with van der Waals surface area (Å²) in [4.78, 5) is 12.8. The number of nitrogens with zero attached hydrogens (tertiary/aromatic N) is 2. The van der Waals surface area contributed by atoms with E-state index < -0.39 is 34.6 Å². The van der Waals surface area contributed by atoms with E-state index in [0.29, 0.717) is 22.5 Å². The maximum absolute atomic E-state index is 14.8. The van der Waals surface area contributed by atoms with Gasteiger partial charge in [0.25, 0.3) is 5.91 Å². The lowest BCUT2D eigenvalue weighted by Gasteiger charge is -2.24. The number of aliphatic hydroxyl groups is 1. The molecule has 0 saturated heterocycles. The zero-order valence-corrected chi connectivity index (χ0v) is 18.4. The van der Waals surface area contributed by atoms with E-state index >= 15 is 0 Å². The molecule has 4 rings (SSSR count). The van der Waals surface area contributed by atoms with Crippen LogP contribution in [0.15, 0.2) is 72.9 Å². The van der Waals surface area contributed by atoms with Gasteiger partial charge in [-0.2, -0.15) is 18.4 Å². The van der Waals surface area contributed by atoms with Gasteiger partial charge in [-0.05, 0) is 54.4 Å². The molecule has 0 radical (unpaired) electrons. The van der Waals surface area contributed by atoms with Crippen LogP contribution in [0.1, 0.15) is 18.1 Å². The highest BCUT2D eigenvalue weighted by Crippen LogP contribution is 2.34. The van der Waals surface area contributed by atoms with Gasteiger partial charge in [0, 0.05) is 17.3 Å². The molecule has 0 aliphatic rings. The highest BCUT2D eigenvalue weighted by Gasteiger charge is 2.35. The molecule has 0 aliphatic heterocycles. The maximum atomic E-state index is 14.8. The van der Waals surface area contributed by atoms with Crippen LogP contribution in [0.25, 0.3) is 22.0 Å². The Bertz CT molecular complexity index is 1450. The predicted molar refractivity (Wildman–Crippen MR) is 123 cm³/mol. The number of amides is 1. The van der Waals surface area contributed by atoms with E-state index in [1.165, 1.54) is 35.9 Å². The molecular weight excluding hydrogens is 462 g/mol. The van der Waals surface area contributed by atoms with Crippen LogP contribution in [0.5, 0.6) is 0 Å². The van der Waals surface area contributed by atoms with Crippen molar-refractivity contribution in [2.24, 2.45) is 0 Å². The molecule has 0 unspecified atom stereocenters. The predicted octanol–water partition coefficient (Wildman–Crippen LogP) is 5.73. The number of alkyl halides is 3. The van der Waals surface area contributed by atoms with Crippen LogP contribution in [-0.4, -0.2) is 21.2 Å². The van der Waals surface area contributed by atoms with Gasteiger partial charge >= 0.3 is 6.18 Å². The van der Waals surface area contributed by atoms with Crippen LogP contribution in [-0.2, 0) is 17.5 Å². The molecule has 0 saturated carbocycles. The summed E-state index contributed by atoms with van der Waals surface area (Å²) in [6.07, 6.45) is -3.27. The zero-order valence-electron chi connectivity index (χ0n) is 18.4. The number of nitriles is 1. The minimum absolute atomic E-state index is 0.226. The zero-order chi connectivity index (χ0) is 25.4. The number of hydrogen-bond donors (Lipinski definition) is 2. The van der Waals surface area contributed by atoms with E-state index in [2.05, 4.69) is 5.32 Å². The fourth-order valence-corrected chi connectivity index (χ4v) is 3.81. The first-order valence-electron chi connectivity index (χ1n) is 10.5. The van der Waals surface area contributed by atoms with Gasteiger partial charge in [0.15, 0.2) is 5.60 Å². The van der Waals surface area contributed by atoms with Crippen LogP contribution in [0, 0.1) is 17.1 Å². The highest BCUT2D eigenvalue weighted by molar-refractivity contribution is 5.97. The Morgan fingerprint density at radius 1 is 1.06 bits per heavy atom. The van der Waals surface area contributed by atoms with Crippen LogP contribution >= 0.6 is 0 Å². The third-order valence-electron chi connectivity index (χ3n) is 5.62. The van der Waals surface area contributed by atoms with Crippen molar-refractivity contribution in [3.63, 3.8) is 0 Å². The Kier molecular flexibility index (Phi) is 6.09. The molecule has 9 heteroatoms. The Morgan fingerprint density at radius 2 is 1.77 bits per heavy atom. The number of hydrogen-bond acceptors (Lipinski definition) is 3. The topological polar surface area (TPSA) is 78.1 Å². The lowest BCUT2D eigenvalue weighted by molar-refractivity contribution is -0.138. The van der Waals surface area contributed by atoms with Gasteiger partial charge in [-0.15, -0.1) is 0 Å². The average molecular weight is 481 g/mol. The van der Waals surface area contributed by atoms with Crippen LogP contribution in [0.3, 0.4) is 0 Å². The van der Waals surface area contributed by atoms with Crippen molar-refractivity contribution in [2.45, 2.75) is 25.2 Å². The molecule has 5 nitrogen and oxygen atoms in total. The van der Waals surface area contributed by atoms with Gasteiger partial charge in [-0.3, -0.25) is 4.79 Å². The quantitative estimate of drug-likeness (QED) is 0.358. The number of nitrogens with one attached hydrogen (secondary N) is 1. The summed E-state index contributed by atoms with van der Waals surface area (Å²) in [6, 6.07) is 18.0. The second-order valence-corrected chi connectivity index (χ2v) is 8.30. The number of rotatable bonds is 5. The van der Waals surface area contributed by atoms with Gasteiger partial charge < -0.3 is 15.0 Å². The summed E-state index contributed by atoms with van der Waals surface area (Å²) in [5, 5.41) is 22.3. The number of fused-ring (bicyclic) bond motifs is 1. The van der Waals surface area contributed by atoms with Crippen molar-refractivity contribution in [3.8, 4) is 17.2 Å². The molecule has 0 fully saturated rings. The first-order chi connectivity index (χ1) is 16.5. The second-order valence-electron chi connectivity index (χ2n) is 8.30. The summed E-state index contributed by atoms with van der Waals surface area (Å²) in [5.74, 6) is -1.43. The Morgan fingerprint density at radius 3 is 2.43 bits per heavy atom. The Balaban J connectivity index is 1.62. The molecule has 1 aromatic heterocycles. The summed E-state index contributed by atoms with van der Waals surface area (Å²) in [7, 11) is 0. The normalized spacial score (nSPS) is 13.3. The van der Waals surface area contributed by atoms with E-state index in [9.17, 15) is 27.5 Å². The minimum atomic E-state index is -4.79. The number of aromatic nitrogens is 1. The lowest BCUT2D eigenvalue weighted by atomic mass is 10.0. The molecule has 2 N–H and O–H groups in total. The molecule has 3 aromatic carbocycles. The first-order valence-corrected chi connectivity index (χ1v) is 10.5. The highest BCUT2D eigenvalue weighted by atomic mass is 19.4. The fraction of sp³-hybridized carbons (Fsp3) is 0.154. The minimum Gasteiger partial charge on any atom is -0.378 e. The van der Waals surface area contributed by atoms with Gasteiger partial charge in [0.2, 0.25) is 0 Å². The molecule has 1 atom stereocenters. The number of benzene rings is 3. The van der Waals surface area contributed by atoms with Gasteiger partial charge in [-0.25, -0.2) is 4.39 Å². The maximum Gasteiger partial charge on any atom is 0.417 e. The van der Waals surface area contributed by atoms with E-state index in [1.807, 2.05) is 30.3 Å². The molecule has 35 heavy (non-hydrogen) atoms. The molecular formula is C26H19F4N3O2. The van der Waals surface area contributed by atoms with Gasteiger partial charge in [-0.1, -0.05) is 30.3 Å². The molecule has 4 aromatic rings. The van der Waals surface area contributed by atoms with Crippen LogP contribution < -0.4 is 5.32 Å². The van der Waals surface area contributed by atoms with Gasteiger partial charge in [0.05, 0.1) is 29.3 Å². The van der Waals surface area contributed by atoms with E-state index in [1.54, 1.807) is 6.07 Å². The average Bonchev–Trinajstić information content (AvgIpc) is 3.21. The van der Waals surface area contributed by atoms with Crippen molar-refractivity contribution < 1.29 is 27.5 Å². The van der Waals surface area contributed by atoms with E-state index in [4.69, 9.17) is 5.26 Å². The number of carbonyl (C=O) groups excluding carboxylic acids is 1. The van der Waals surface area contributed by atoms with Crippen molar-refractivity contribution in [1.29, 1.82) is 5.26 Å². The number of anilines is 1. The molecule has 0 aliphatic carbocycles. The summed E-state index contributed by atoms with van der Waals surface area (Å²) < 4.78 is 55.9. The molecule has 0 spiro atoms. The standard InChI is InChI=1S/C26H19F4N3O2/c1-25(35,24(34)32-19-8-7-17(14-31)21(13-19)26(28,29)30)15-33-10-9-20-22(27)11-18(12-23(20)33)16-5-3-2-4-6-16/h2-13,35H,15H2,1H3,(H,32,34)/t25-/m0/s1. The Hall–Kier alpha value is -4.16. The third kappa shape index (κ3) is 4.88. The van der Waals surface area contributed by atoms with Crippen molar-refractivity contribution in [3.05, 3.63) is 89.9 Å². The summed E-state index contributed by atoms with van der Waals surface area (Å²) in [6.45, 7) is 0.919. The van der Waals surface area contributed by atoms with E-state index in [0.717, 1.165) is 17.7 Å². The number of halogens is 4. The number of carbonyl (C=O) groups is 1. The van der Waals surface area contributed by atoms with Crippen molar-refractivity contribution >= 4 is 22.5 Å². The molecule has 178 valence electrons. The molecule has 1 amide bonds. The summed E-state index contributed by atoms with van der Waals surface area (Å²) in [5.41, 5.74) is -2.23. The van der Waals surface area contributed by atoms with Crippen LogP contribution in [0.4, 0.5) is 23.2 Å². The SMILES string of the molecule is C[C@](O)(Cn1ccc2c(F)cc(-c3ccccc3)cc21)C(=O)Nc1ccc(C#N)c(C(F)(F)F)c1.